The van der Waals surface area contributed by atoms with Gasteiger partial charge in [-0.3, -0.25) is 4.79 Å². The largest absolute Gasteiger partial charge is 0.423 e. The number of ether oxygens (including phenoxy) is 2. The Bertz CT molecular complexity index is 913. The van der Waals surface area contributed by atoms with Crippen LogP contribution in [0.2, 0.25) is 0 Å². The Labute approximate surface area is 128 Å². The van der Waals surface area contributed by atoms with Crippen molar-refractivity contribution < 1.29 is 14.3 Å². The van der Waals surface area contributed by atoms with Crippen LogP contribution in [0.5, 0.6) is 17.2 Å². The van der Waals surface area contributed by atoms with Gasteiger partial charge in [0.25, 0.3) is 0 Å². The highest BCUT2D eigenvalue weighted by atomic mass is 16.8. The van der Waals surface area contributed by atoms with Crippen LogP contribution in [0.3, 0.4) is 0 Å². The first-order valence-electron chi connectivity index (χ1n) is 6.27. The average molecular weight is 321 g/mol. The maximum absolute atomic E-state index is 12.7. The highest BCUT2D eigenvalue weighted by molar-refractivity contribution is 6.07. The van der Waals surface area contributed by atoms with Crippen LogP contribution in [0, 0.1) is 0 Å². The van der Waals surface area contributed by atoms with Gasteiger partial charge in [0.2, 0.25) is 11.2 Å². The third kappa shape index (κ3) is 1.92. The Morgan fingerprint density at radius 3 is 2.17 bits per heavy atom. The molecule has 0 spiro atoms. The Hall–Kier alpha value is -3.15. The molecular formula is C12H15N7O4. The van der Waals surface area contributed by atoms with Gasteiger partial charge in [-0.05, 0) is 6.07 Å². The third-order valence-electron chi connectivity index (χ3n) is 3.46. The molecule has 0 amide bonds. The van der Waals surface area contributed by atoms with Crippen LogP contribution in [-0.4, -0.2) is 6.03 Å². The molecular weight excluding hydrogens is 306 g/mol. The molecule has 0 unspecified atom stereocenters. The van der Waals surface area contributed by atoms with E-state index in [-0.39, 0.29) is 50.8 Å². The summed E-state index contributed by atoms with van der Waals surface area (Å²) in [6.07, 6.45) is 0. The summed E-state index contributed by atoms with van der Waals surface area (Å²) >= 11 is 0. The van der Waals surface area contributed by atoms with E-state index in [2.05, 4.69) is 4.84 Å². The fourth-order valence-corrected chi connectivity index (χ4v) is 2.39. The fourth-order valence-electron chi connectivity index (χ4n) is 2.39. The quantitative estimate of drug-likeness (QED) is 0.132. The average Bonchev–Trinajstić information content (AvgIpc) is 2.75. The number of hydrogen-bond donors (Lipinski definition) is 7. The first kappa shape index (κ1) is 14.8. The molecule has 0 radical (unpaired) electrons. The Balaban J connectivity index is 2.62. The highest BCUT2D eigenvalue weighted by Crippen LogP contribution is 2.49. The third-order valence-corrected chi connectivity index (χ3v) is 3.46. The lowest BCUT2D eigenvalue weighted by Gasteiger charge is -2.15. The van der Waals surface area contributed by atoms with Crippen molar-refractivity contribution >= 4 is 33.5 Å². The van der Waals surface area contributed by atoms with E-state index in [9.17, 15) is 4.79 Å². The SMILES string of the molecule is NOc1c(N)c(N)cc2c(N)c(N)c3c(c2c1=O)OC(N)(N)O3. The molecule has 14 N–H and O–H groups in total. The van der Waals surface area contributed by atoms with Gasteiger partial charge in [0.1, 0.15) is 11.4 Å². The lowest BCUT2D eigenvalue weighted by molar-refractivity contribution is -0.0663. The van der Waals surface area contributed by atoms with Crippen LogP contribution in [0.1, 0.15) is 0 Å². The number of nitrogen functional groups attached to an aromatic ring is 4. The van der Waals surface area contributed by atoms with E-state index in [1.54, 1.807) is 0 Å². The van der Waals surface area contributed by atoms with Gasteiger partial charge in [0, 0.05) is 5.39 Å². The van der Waals surface area contributed by atoms with Crippen LogP contribution in [-0.2, 0) is 0 Å². The Morgan fingerprint density at radius 2 is 1.57 bits per heavy atom. The fraction of sp³-hybridized carbons (Fsp3) is 0.0833. The number of benzene rings is 1. The summed E-state index contributed by atoms with van der Waals surface area (Å²) in [6, 6.07) is -0.671. The van der Waals surface area contributed by atoms with Crippen molar-refractivity contribution in [1.29, 1.82) is 0 Å². The molecule has 0 aliphatic carbocycles. The van der Waals surface area contributed by atoms with Crippen LogP contribution in [0.15, 0.2) is 10.9 Å². The van der Waals surface area contributed by atoms with Gasteiger partial charge < -0.3 is 37.2 Å². The maximum Gasteiger partial charge on any atom is 0.376 e. The molecule has 1 aliphatic rings. The van der Waals surface area contributed by atoms with Gasteiger partial charge in [-0.25, -0.2) is 11.5 Å². The Morgan fingerprint density at radius 1 is 0.957 bits per heavy atom. The number of fused-ring (bicyclic) bond motifs is 3. The molecule has 2 aromatic rings. The molecule has 1 heterocycles. The minimum Gasteiger partial charge on any atom is -0.423 e. The molecule has 1 aliphatic heterocycles. The van der Waals surface area contributed by atoms with Crippen molar-refractivity contribution in [2.75, 3.05) is 22.9 Å². The summed E-state index contributed by atoms with van der Waals surface area (Å²) in [4.78, 5) is 17.3. The normalized spacial score (nSPS) is 14.9. The molecule has 23 heavy (non-hydrogen) atoms. The molecule has 11 heteroatoms. The molecule has 0 atom stereocenters. The zero-order chi connectivity index (χ0) is 17.1. The number of rotatable bonds is 1. The van der Waals surface area contributed by atoms with E-state index in [1.165, 1.54) is 6.07 Å². The van der Waals surface area contributed by atoms with Gasteiger partial charge >= 0.3 is 6.03 Å². The molecule has 0 fully saturated rings. The number of nitrogens with two attached hydrogens (primary N) is 7. The van der Waals surface area contributed by atoms with Gasteiger partial charge in [-0.1, -0.05) is 0 Å². The molecule has 11 nitrogen and oxygen atoms in total. The van der Waals surface area contributed by atoms with Crippen molar-refractivity contribution in [3.63, 3.8) is 0 Å². The van der Waals surface area contributed by atoms with E-state index in [0.29, 0.717) is 0 Å². The molecule has 2 aromatic carbocycles. The molecule has 0 saturated carbocycles. The van der Waals surface area contributed by atoms with Crippen LogP contribution in [0.25, 0.3) is 10.8 Å². The van der Waals surface area contributed by atoms with Crippen molar-refractivity contribution in [2.24, 2.45) is 17.4 Å². The summed E-state index contributed by atoms with van der Waals surface area (Å²) in [5.41, 5.74) is 33.7. The molecule has 3 rings (SSSR count). The molecule has 0 aromatic heterocycles. The zero-order valence-corrected chi connectivity index (χ0v) is 11.8. The van der Waals surface area contributed by atoms with Crippen LogP contribution < -0.4 is 60.0 Å². The van der Waals surface area contributed by atoms with Crippen LogP contribution in [0.4, 0.5) is 22.7 Å². The van der Waals surface area contributed by atoms with E-state index in [4.69, 9.17) is 49.8 Å². The van der Waals surface area contributed by atoms with Gasteiger partial charge in [0.05, 0.1) is 16.8 Å². The highest BCUT2D eigenvalue weighted by Gasteiger charge is 2.39. The van der Waals surface area contributed by atoms with E-state index in [0.717, 1.165) is 0 Å². The van der Waals surface area contributed by atoms with Crippen molar-refractivity contribution in [2.45, 2.75) is 6.03 Å². The second-order valence-corrected chi connectivity index (χ2v) is 4.99. The van der Waals surface area contributed by atoms with Crippen molar-refractivity contribution in [3.05, 3.63) is 16.3 Å². The molecule has 122 valence electrons. The smallest absolute Gasteiger partial charge is 0.376 e. The number of hydrogen-bond acceptors (Lipinski definition) is 11. The van der Waals surface area contributed by atoms with E-state index in [1.807, 2.05) is 0 Å². The summed E-state index contributed by atoms with van der Waals surface area (Å²) in [6.45, 7) is 0. The van der Waals surface area contributed by atoms with Gasteiger partial charge in [0.15, 0.2) is 11.5 Å². The summed E-state index contributed by atoms with van der Waals surface area (Å²) in [5.74, 6) is 4.56. The standard InChI is InChI=1S/C12H15N7O4/c13-3-1-2-4(8(20)10(23-19)6(3)15)9-11(7(16)5(2)14)22-12(17,18)21-9/h1H,13-19H2. The monoisotopic (exact) mass is 321 g/mol. The summed E-state index contributed by atoms with van der Waals surface area (Å²) in [5, 5.41) is 0.0911. The Kier molecular flexibility index (Phi) is 2.84. The summed E-state index contributed by atoms with van der Waals surface area (Å²) in [7, 11) is 0. The maximum atomic E-state index is 12.7. The van der Waals surface area contributed by atoms with E-state index < -0.39 is 11.5 Å². The lowest BCUT2D eigenvalue weighted by atomic mass is 10.1. The van der Waals surface area contributed by atoms with Gasteiger partial charge in [-0.15, -0.1) is 0 Å². The second-order valence-electron chi connectivity index (χ2n) is 4.99. The lowest BCUT2D eigenvalue weighted by Crippen LogP contribution is -2.57. The van der Waals surface area contributed by atoms with Crippen molar-refractivity contribution in [1.82, 2.24) is 0 Å². The van der Waals surface area contributed by atoms with Gasteiger partial charge in [-0.2, -0.15) is 5.90 Å². The van der Waals surface area contributed by atoms with Crippen LogP contribution >= 0.6 is 0 Å². The molecule has 0 bridgehead atoms. The topological polar surface area (TPSA) is 227 Å². The second kappa shape index (κ2) is 4.42. The predicted molar refractivity (Wildman–Crippen MR) is 85.0 cm³/mol. The zero-order valence-electron chi connectivity index (χ0n) is 11.8. The number of anilines is 4. The predicted octanol–water partition coefficient (Wildman–Crippen LogP) is -1.92. The first-order chi connectivity index (χ1) is 10.7. The first-order valence-corrected chi connectivity index (χ1v) is 6.27. The van der Waals surface area contributed by atoms with Crippen molar-refractivity contribution in [3.8, 4) is 17.2 Å². The van der Waals surface area contributed by atoms with E-state index >= 15 is 0 Å². The minimum absolute atomic E-state index is 0.00859. The summed E-state index contributed by atoms with van der Waals surface area (Å²) < 4.78 is 10.5. The minimum atomic E-state index is -2.02. The molecule has 0 saturated heterocycles.